The molecule has 0 bridgehead atoms. The van der Waals surface area contributed by atoms with Crippen LogP contribution in [0.1, 0.15) is 107 Å². The summed E-state index contributed by atoms with van der Waals surface area (Å²) in [5, 5.41) is 19.4. The van der Waals surface area contributed by atoms with Gasteiger partial charge in [-0.25, -0.2) is 0 Å². The number of quaternary nitrogens is 2. The maximum Gasteiger partial charge on any atom is 0.379 e. The molecule has 0 rings (SSSR count). The molecule has 260 valence electrons. The molecule has 0 atom stereocenters. The molecule has 0 aromatic heterocycles. The molecule has 0 aliphatic rings. The van der Waals surface area contributed by atoms with Gasteiger partial charge < -0.3 is 33.8 Å². The van der Waals surface area contributed by atoms with Crippen LogP contribution < -0.4 is 24.8 Å². The maximum atomic E-state index is 9.69. The molecule has 42 heavy (non-hydrogen) atoms. The van der Waals surface area contributed by atoms with E-state index >= 15 is 0 Å². The molecule has 0 unspecified atom stereocenters. The molecule has 8 nitrogen and oxygen atoms in total. The number of nitro groups is 2. The minimum absolute atomic E-state index is 0. The smallest absolute Gasteiger partial charge is 0.379 e. The van der Waals surface area contributed by atoms with Crippen molar-refractivity contribution in [2.24, 2.45) is 0 Å². The third-order valence-electron chi connectivity index (χ3n) is 6.00. The van der Waals surface area contributed by atoms with E-state index in [0.29, 0.717) is 0 Å². The first-order chi connectivity index (χ1) is 18.4. The third-order valence-corrected chi connectivity index (χ3v) is 7.73. The first kappa shape index (κ1) is 56.5. The van der Waals surface area contributed by atoms with Crippen LogP contribution in [0.15, 0.2) is 0 Å². The van der Waals surface area contributed by atoms with Crippen molar-refractivity contribution < 1.29 is 43.6 Å². The van der Waals surface area contributed by atoms with Crippen molar-refractivity contribution in [2.75, 3.05) is 52.4 Å². The van der Waals surface area contributed by atoms with E-state index in [1.807, 2.05) is 0 Å². The van der Waals surface area contributed by atoms with Crippen LogP contribution in [0.4, 0.5) is 0 Å². The summed E-state index contributed by atoms with van der Waals surface area (Å²) < 4.78 is 0.0694. The van der Waals surface area contributed by atoms with E-state index in [0.717, 1.165) is 0 Å². The van der Waals surface area contributed by atoms with Gasteiger partial charge in [-0.15, -0.1) is 0 Å². The van der Waals surface area contributed by atoms with E-state index in [2.05, 4.69) is 151 Å². The first-order valence-corrected chi connectivity index (χ1v) is 19.3. The van der Waals surface area contributed by atoms with Crippen LogP contribution >= 0.6 is 95.6 Å². The van der Waals surface area contributed by atoms with Crippen molar-refractivity contribution in [3.63, 3.8) is 0 Å². The van der Waals surface area contributed by atoms with Crippen LogP contribution in [-0.2, 0) is 0 Å². The Kier molecular flexibility index (Phi) is 44.5. The van der Waals surface area contributed by atoms with Gasteiger partial charge in [-0.2, -0.15) is 0 Å². The minimum atomic E-state index is -1.34. The van der Waals surface area contributed by atoms with Crippen molar-refractivity contribution >= 4 is 95.6 Å². The molecular formula is C26H56Br6Cl2N4O4. The second-order valence-electron chi connectivity index (χ2n) is 9.92. The molecule has 0 spiro atoms. The Labute approximate surface area is 320 Å². The summed E-state index contributed by atoms with van der Waals surface area (Å²) in [6.45, 7) is 29.6. The number of hydrogen-bond donors (Lipinski definition) is 0. The number of rotatable bonds is 16. The van der Waals surface area contributed by atoms with Gasteiger partial charge in [0, 0.05) is 95.6 Å². The molecule has 0 amide bonds. The molecule has 0 saturated heterocycles. The van der Waals surface area contributed by atoms with Crippen LogP contribution in [0.25, 0.3) is 0 Å². The quantitative estimate of drug-likeness (QED) is 0.0717. The molecule has 0 N–H and O–H groups in total. The summed E-state index contributed by atoms with van der Waals surface area (Å²) in [4.78, 5) is 18.2. The average molecular weight is 1040 g/mol. The van der Waals surface area contributed by atoms with Gasteiger partial charge >= 0.3 is 4.53 Å². The molecule has 0 aromatic rings. The van der Waals surface area contributed by atoms with Crippen LogP contribution in [0.5, 0.6) is 0 Å². The molecule has 0 aliphatic heterocycles. The Bertz CT molecular complexity index is 522. The fourth-order valence-corrected chi connectivity index (χ4v) is 5.14. The van der Waals surface area contributed by atoms with Crippen LogP contribution in [0, 0.1) is 20.2 Å². The molecule has 0 fully saturated rings. The molecule has 16 heteroatoms. The van der Waals surface area contributed by atoms with E-state index in [1.165, 1.54) is 113 Å². The lowest BCUT2D eigenvalue weighted by Gasteiger charge is -2.38. The van der Waals surface area contributed by atoms with E-state index in [9.17, 15) is 20.2 Å². The highest BCUT2D eigenvalue weighted by molar-refractivity contribution is 9.39. The standard InChI is InChI=1S/2C12H28N.2CBr3NO2.2ClH/c2*1-5-9-13(10-6-2,11-7-3)12-8-4;2*2-1(3,4)5(6)7;;/h2*5-12H2,1-4H3;;;2*1H/q2*+1;;;;/p-2. The van der Waals surface area contributed by atoms with E-state index in [-0.39, 0.29) is 24.8 Å². The van der Waals surface area contributed by atoms with Crippen molar-refractivity contribution in [1.82, 2.24) is 0 Å². The van der Waals surface area contributed by atoms with E-state index < -0.39 is 14.4 Å². The summed E-state index contributed by atoms with van der Waals surface area (Å²) in [7, 11) is 0. The summed E-state index contributed by atoms with van der Waals surface area (Å²) in [5.74, 6) is 0. The van der Waals surface area contributed by atoms with Crippen LogP contribution in [0.2, 0.25) is 0 Å². The van der Waals surface area contributed by atoms with Gasteiger partial charge in [0.15, 0.2) is 0 Å². The fourth-order valence-electron chi connectivity index (χ4n) is 5.14. The average Bonchev–Trinajstić information content (AvgIpc) is 2.80. The predicted octanol–water partition coefficient (Wildman–Crippen LogP) is 5.01. The van der Waals surface area contributed by atoms with Gasteiger partial charge in [-0.3, -0.25) is 20.2 Å². The first-order valence-electron chi connectivity index (χ1n) is 14.5. The molecular weight excluding hydrogens is 983 g/mol. The van der Waals surface area contributed by atoms with Gasteiger partial charge in [0.05, 0.1) is 62.2 Å². The number of alkyl halides is 6. The predicted molar refractivity (Wildman–Crippen MR) is 195 cm³/mol. The highest BCUT2D eigenvalue weighted by Gasteiger charge is 2.31. The lowest BCUT2D eigenvalue weighted by molar-refractivity contribution is -0.928. The van der Waals surface area contributed by atoms with Crippen molar-refractivity contribution in [2.45, 2.75) is 111 Å². The van der Waals surface area contributed by atoms with Crippen molar-refractivity contribution in [3.05, 3.63) is 20.2 Å². The SMILES string of the molecule is CCC[N+](CCC)(CCC)CCC.CCC[N+](CCC)(CCC)CCC.O=[N+]([O-])C(Br)(Br)Br.O=[N+]([O-])C(Br)(Br)Br.[Cl-].[Cl-]. The summed E-state index contributed by atoms with van der Waals surface area (Å²) in [6, 6.07) is 0. The molecule has 0 saturated carbocycles. The van der Waals surface area contributed by atoms with Crippen LogP contribution in [-0.4, -0.2) is 75.7 Å². The normalized spacial score (nSPS) is 11.2. The fraction of sp³-hybridized carbons (Fsp3) is 1.00. The molecule has 0 aromatic carbocycles. The Morgan fingerprint density at radius 3 is 0.571 bits per heavy atom. The second-order valence-corrected chi connectivity index (χ2v) is 23.2. The molecule has 0 aliphatic carbocycles. The van der Waals surface area contributed by atoms with Crippen LogP contribution in [0.3, 0.4) is 0 Å². The highest BCUT2D eigenvalue weighted by Crippen LogP contribution is 2.33. The lowest BCUT2D eigenvalue weighted by Crippen LogP contribution is -3.00. The Hall–Kier alpha value is 2.18. The third kappa shape index (κ3) is 33.5. The van der Waals surface area contributed by atoms with E-state index in [1.54, 1.807) is 0 Å². The zero-order valence-electron chi connectivity index (χ0n) is 26.8. The van der Waals surface area contributed by atoms with Gasteiger partial charge in [0.2, 0.25) is 0 Å². The number of nitrogens with zero attached hydrogens (tertiary/aromatic N) is 4. The second kappa shape index (κ2) is 33.1. The van der Waals surface area contributed by atoms with Gasteiger partial charge in [0.1, 0.15) is 0 Å². The minimum Gasteiger partial charge on any atom is -1.00 e. The molecule has 0 heterocycles. The molecule has 0 radical (unpaired) electrons. The Morgan fingerprint density at radius 2 is 0.524 bits per heavy atom. The van der Waals surface area contributed by atoms with Gasteiger partial charge in [-0.1, -0.05) is 55.4 Å². The monoisotopic (exact) mass is 1030 g/mol. The zero-order valence-corrected chi connectivity index (χ0v) is 37.8. The zero-order chi connectivity index (χ0) is 32.5. The Morgan fingerprint density at radius 1 is 0.429 bits per heavy atom. The highest BCUT2D eigenvalue weighted by atomic mass is 80.0. The summed E-state index contributed by atoms with van der Waals surface area (Å²) >= 11 is 16.1. The van der Waals surface area contributed by atoms with Gasteiger partial charge in [-0.05, 0) is 51.4 Å². The number of hydrogen-bond acceptors (Lipinski definition) is 4. The van der Waals surface area contributed by atoms with E-state index in [4.69, 9.17) is 0 Å². The lowest BCUT2D eigenvalue weighted by atomic mass is 10.2. The van der Waals surface area contributed by atoms with Gasteiger partial charge in [0.25, 0.3) is 0 Å². The topological polar surface area (TPSA) is 86.3 Å². The van der Waals surface area contributed by atoms with Crippen molar-refractivity contribution in [3.8, 4) is 0 Å². The largest absolute Gasteiger partial charge is 1.00 e. The summed E-state index contributed by atoms with van der Waals surface area (Å²) in [6.07, 6.45) is 10.7. The Balaban J connectivity index is -0.000000105. The van der Waals surface area contributed by atoms with Crippen molar-refractivity contribution in [1.29, 1.82) is 0 Å². The summed E-state index contributed by atoms with van der Waals surface area (Å²) in [5.41, 5.74) is 0. The maximum absolute atomic E-state index is 9.69. The number of halogens is 8.